The molecular formula is C13H15F4N3O2S. The van der Waals surface area contributed by atoms with E-state index >= 15 is 0 Å². The van der Waals surface area contributed by atoms with Crippen molar-refractivity contribution in [2.75, 3.05) is 0 Å². The van der Waals surface area contributed by atoms with E-state index in [0.717, 1.165) is 12.3 Å². The summed E-state index contributed by atoms with van der Waals surface area (Å²) < 4.78 is 57.4. The van der Waals surface area contributed by atoms with Gasteiger partial charge >= 0.3 is 13.2 Å². The highest BCUT2D eigenvalue weighted by Gasteiger charge is 2.12. The highest BCUT2D eigenvalue weighted by molar-refractivity contribution is 7.80. The van der Waals surface area contributed by atoms with Crippen LogP contribution in [-0.4, -0.2) is 30.6 Å². The van der Waals surface area contributed by atoms with Gasteiger partial charge in [-0.25, -0.2) is 0 Å². The predicted octanol–water partition coefficient (Wildman–Crippen LogP) is 3.10. The third-order valence-corrected chi connectivity index (χ3v) is 2.42. The Morgan fingerprint density at radius 1 is 1.17 bits per heavy atom. The molecule has 0 aliphatic carbocycles. The van der Waals surface area contributed by atoms with Crippen LogP contribution in [0.25, 0.3) is 0 Å². The van der Waals surface area contributed by atoms with Gasteiger partial charge in [-0.15, -0.1) is 0 Å². The molecule has 1 rings (SSSR count). The van der Waals surface area contributed by atoms with E-state index in [1.54, 1.807) is 0 Å². The minimum Gasteiger partial charge on any atom is -0.435 e. The van der Waals surface area contributed by atoms with Gasteiger partial charge in [0.05, 0.1) is 6.21 Å². The van der Waals surface area contributed by atoms with Crippen LogP contribution < -0.4 is 20.2 Å². The lowest BCUT2D eigenvalue weighted by molar-refractivity contribution is -0.0543. The average Bonchev–Trinajstić information content (AvgIpc) is 2.39. The van der Waals surface area contributed by atoms with Crippen LogP contribution in [0, 0.1) is 0 Å². The highest BCUT2D eigenvalue weighted by atomic mass is 32.1. The van der Waals surface area contributed by atoms with Crippen molar-refractivity contribution >= 4 is 23.5 Å². The van der Waals surface area contributed by atoms with E-state index < -0.39 is 13.2 Å². The lowest BCUT2D eigenvalue weighted by atomic mass is 10.2. The molecule has 0 bridgehead atoms. The fourth-order valence-electron chi connectivity index (χ4n) is 1.45. The first-order valence-corrected chi connectivity index (χ1v) is 6.82. The average molecular weight is 353 g/mol. The highest BCUT2D eigenvalue weighted by Crippen LogP contribution is 2.26. The first kappa shape index (κ1) is 18.9. The SMILES string of the molecule is CC(C)NC(=S)N/N=C/c1ccc(OC(F)F)cc1OC(F)F. The first-order valence-electron chi connectivity index (χ1n) is 6.41. The number of hydrogen-bond donors (Lipinski definition) is 2. The van der Waals surface area contributed by atoms with Gasteiger partial charge in [0.25, 0.3) is 0 Å². The van der Waals surface area contributed by atoms with E-state index in [-0.39, 0.29) is 28.2 Å². The Morgan fingerprint density at radius 3 is 2.39 bits per heavy atom. The molecule has 0 spiro atoms. The second-order valence-electron chi connectivity index (χ2n) is 4.45. The molecule has 0 saturated carbocycles. The first-order chi connectivity index (χ1) is 10.8. The van der Waals surface area contributed by atoms with Gasteiger partial charge in [0, 0.05) is 17.7 Å². The molecular weight excluding hydrogens is 338 g/mol. The number of rotatable bonds is 7. The van der Waals surface area contributed by atoms with E-state index in [1.807, 2.05) is 13.8 Å². The number of halogens is 4. The maximum absolute atomic E-state index is 12.4. The number of hydrazone groups is 1. The van der Waals surface area contributed by atoms with E-state index in [4.69, 9.17) is 12.2 Å². The van der Waals surface area contributed by atoms with Crippen molar-refractivity contribution in [3.05, 3.63) is 23.8 Å². The number of alkyl halides is 4. The van der Waals surface area contributed by atoms with Crippen LogP contribution in [0.1, 0.15) is 19.4 Å². The third-order valence-electron chi connectivity index (χ3n) is 2.22. The van der Waals surface area contributed by atoms with Gasteiger partial charge in [-0.2, -0.15) is 22.7 Å². The Balaban J connectivity index is 2.85. The van der Waals surface area contributed by atoms with E-state index in [1.165, 1.54) is 12.1 Å². The molecule has 5 nitrogen and oxygen atoms in total. The van der Waals surface area contributed by atoms with Crippen LogP contribution in [0.4, 0.5) is 17.6 Å². The van der Waals surface area contributed by atoms with Crippen LogP contribution in [0.3, 0.4) is 0 Å². The lowest BCUT2D eigenvalue weighted by Gasteiger charge is -2.11. The molecule has 0 aliphatic rings. The summed E-state index contributed by atoms with van der Waals surface area (Å²) in [4.78, 5) is 0. The van der Waals surface area contributed by atoms with Gasteiger partial charge in [0.2, 0.25) is 0 Å². The Labute approximate surface area is 135 Å². The molecule has 10 heteroatoms. The van der Waals surface area contributed by atoms with Gasteiger partial charge in [0.15, 0.2) is 5.11 Å². The molecule has 0 amide bonds. The van der Waals surface area contributed by atoms with E-state index in [2.05, 4.69) is 25.3 Å². The van der Waals surface area contributed by atoms with Gasteiger partial charge < -0.3 is 14.8 Å². The molecule has 128 valence electrons. The Hall–Kier alpha value is -2.10. The predicted molar refractivity (Wildman–Crippen MR) is 81.3 cm³/mol. The van der Waals surface area contributed by atoms with Crippen molar-refractivity contribution in [3.63, 3.8) is 0 Å². The second-order valence-corrected chi connectivity index (χ2v) is 4.86. The van der Waals surface area contributed by atoms with Crippen molar-refractivity contribution < 1.29 is 27.0 Å². The van der Waals surface area contributed by atoms with Crippen molar-refractivity contribution in [2.24, 2.45) is 5.10 Å². The standard InChI is InChI=1S/C13H15F4N3O2S/c1-7(2)19-13(23)20-18-6-8-3-4-9(21-11(14)15)5-10(8)22-12(16)17/h3-7,11-12H,1-2H3,(H2,19,20,23)/b18-6+. The Kier molecular flexibility index (Phi) is 7.52. The number of benzene rings is 1. The second kappa shape index (κ2) is 9.13. The summed E-state index contributed by atoms with van der Waals surface area (Å²) in [5, 5.41) is 6.86. The van der Waals surface area contributed by atoms with E-state index in [9.17, 15) is 17.6 Å². The van der Waals surface area contributed by atoms with Crippen LogP contribution in [0.2, 0.25) is 0 Å². The maximum Gasteiger partial charge on any atom is 0.387 e. The fourth-order valence-corrected chi connectivity index (χ4v) is 1.74. The zero-order valence-electron chi connectivity index (χ0n) is 12.2. The molecule has 0 saturated heterocycles. The molecule has 1 aromatic carbocycles. The maximum atomic E-state index is 12.4. The molecule has 0 radical (unpaired) electrons. The quantitative estimate of drug-likeness (QED) is 0.341. The van der Waals surface area contributed by atoms with E-state index in [0.29, 0.717) is 0 Å². The van der Waals surface area contributed by atoms with Crippen LogP contribution in [0.15, 0.2) is 23.3 Å². The van der Waals surface area contributed by atoms with Crippen LogP contribution in [-0.2, 0) is 0 Å². The molecule has 23 heavy (non-hydrogen) atoms. The summed E-state index contributed by atoms with van der Waals surface area (Å²) in [5.41, 5.74) is 2.62. The van der Waals surface area contributed by atoms with Gasteiger partial charge in [-0.3, -0.25) is 5.43 Å². The molecule has 0 heterocycles. The van der Waals surface area contributed by atoms with Gasteiger partial charge in [-0.1, -0.05) is 0 Å². The number of nitrogens with zero attached hydrogens (tertiary/aromatic N) is 1. The molecule has 0 aromatic heterocycles. The molecule has 2 N–H and O–H groups in total. The molecule has 1 aromatic rings. The summed E-state index contributed by atoms with van der Waals surface area (Å²) in [6.07, 6.45) is 1.16. The number of thiocarbonyl (C=S) groups is 1. The summed E-state index contributed by atoms with van der Waals surface area (Å²) in [6.45, 7) is -2.46. The van der Waals surface area contributed by atoms with Crippen molar-refractivity contribution in [2.45, 2.75) is 33.1 Å². The van der Waals surface area contributed by atoms with Crippen molar-refractivity contribution in [1.82, 2.24) is 10.7 Å². The lowest BCUT2D eigenvalue weighted by Crippen LogP contribution is -2.36. The van der Waals surface area contributed by atoms with Crippen LogP contribution in [0.5, 0.6) is 11.5 Å². The van der Waals surface area contributed by atoms with Crippen LogP contribution >= 0.6 is 12.2 Å². The minimum atomic E-state index is -3.12. The summed E-state index contributed by atoms with van der Waals surface area (Å²) >= 11 is 4.93. The Bertz CT molecular complexity index is 556. The molecule has 0 fully saturated rings. The smallest absolute Gasteiger partial charge is 0.387 e. The summed E-state index contributed by atoms with van der Waals surface area (Å²) in [7, 11) is 0. The van der Waals surface area contributed by atoms with Crippen molar-refractivity contribution in [1.29, 1.82) is 0 Å². The number of nitrogens with one attached hydrogen (secondary N) is 2. The number of ether oxygens (including phenoxy) is 2. The third kappa shape index (κ3) is 7.63. The monoisotopic (exact) mass is 353 g/mol. The van der Waals surface area contributed by atoms with Gasteiger partial charge in [-0.05, 0) is 38.2 Å². The number of hydrogen-bond acceptors (Lipinski definition) is 4. The summed E-state index contributed by atoms with van der Waals surface area (Å²) in [5.74, 6) is -0.663. The topological polar surface area (TPSA) is 54.9 Å². The molecule has 0 aliphatic heterocycles. The minimum absolute atomic E-state index is 0.0914. The normalized spacial score (nSPS) is 11.3. The zero-order valence-corrected chi connectivity index (χ0v) is 13.0. The summed E-state index contributed by atoms with van der Waals surface area (Å²) in [6, 6.07) is 3.44. The molecule has 0 unspecified atom stereocenters. The largest absolute Gasteiger partial charge is 0.435 e. The Morgan fingerprint density at radius 2 is 1.83 bits per heavy atom. The zero-order chi connectivity index (χ0) is 17.4. The molecule has 0 atom stereocenters. The fraction of sp³-hybridized carbons (Fsp3) is 0.385. The van der Waals surface area contributed by atoms with Crippen molar-refractivity contribution in [3.8, 4) is 11.5 Å². The van der Waals surface area contributed by atoms with Gasteiger partial charge in [0.1, 0.15) is 11.5 Å².